The van der Waals surface area contributed by atoms with Crippen molar-refractivity contribution in [3.63, 3.8) is 0 Å². The van der Waals surface area contributed by atoms with Gasteiger partial charge in [0.2, 0.25) is 0 Å². The van der Waals surface area contributed by atoms with Crippen molar-refractivity contribution in [2.24, 2.45) is 0 Å². The second-order valence-corrected chi connectivity index (χ2v) is 6.39. The maximum atomic E-state index is 5.93. The number of fused-ring (bicyclic) bond motifs is 2. The zero-order valence-electron chi connectivity index (χ0n) is 13.3. The highest BCUT2D eigenvalue weighted by Gasteiger charge is 2.18. The Bertz CT molecular complexity index is 862. The summed E-state index contributed by atoms with van der Waals surface area (Å²) in [6.07, 6.45) is 2.08. The first-order valence-corrected chi connectivity index (χ1v) is 9.00. The molecule has 0 aromatic heterocycles. The predicted molar refractivity (Wildman–Crippen MR) is 98.6 cm³/mol. The zero-order valence-corrected chi connectivity index (χ0v) is 14.1. The van der Waals surface area contributed by atoms with Gasteiger partial charge >= 0.3 is 0 Å². The number of para-hydroxylation sites is 2. The number of benzene rings is 3. The summed E-state index contributed by atoms with van der Waals surface area (Å²) in [5, 5.41) is 3.43. The summed E-state index contributed by atoms with van der Waals surface area (Å²) < 4.78 is 11.8. The minimum absolute atomic E-state index is 0.733. The first-order chi connectivity index (χ1) is 11.8. The third-order valence-electron chi connectivity index (χ3n) is 3.89. The molecule has 4 rings (SSSR count). The van der Waals surface area contributed by atoms with E-state index >= 15 is 0 Å². The summed E-state index contributed by atoms with van der Waals surface area (Å²) in [6, 6.07) is 22.2. The molecule has 0 unspecified atom stereocenters. The van der Waals surface area contributed by atoms with Crippen molar-refractivity contribution in [3.8, 4) is 23.0 Å². The van der Waals surface area contributed by atoms with Crippen molar-refractivity contribution in [1.29, 1.82) is 0 Å². The van der Waals surface area contributed by atoms with Gasteiger partial charge in [-0.15, -0.1) is 11.8 Å². The number of anilines is 1. The van der Waals surface area contributed by atoms with E-state index in [1.807, 2.05) is 42.5 Å². The molecule has 0 amide bonds. The molecule has 0 spiro atoms. The van der Waals surface area contributed by atoms with E-state index in [0.717, 1.165) is 35.2 Å². The Morgan fingerprint density at radius 3 is 2.17 bits per heavy atom. The van der Waals surface area contributed by atoms with E-state index in [1.54, 1.807) is 11.8 Å². The molecular weight excluding hydrogens is 318 g/mol. The van der Waals surface area contributed by atoms with Crippen molar-refractivity contribution < 1.29 is 9.47 Å². The van der Waals surface area contributed by atoms with Crippen LogP contribution in [0, 0.1) is 0 Å². The molecule has 0 saturated heterocycles. The van der Waals surface area contributed by atoms with Crippen LogP contribution in [0.5, 0.6) is 23.0 Å². The molecule has 3 nitrogen and oxygen atoms in total. The Labute approximate surface area is 145 Å². The number of ether oxygens (including phenoxy) is 2. The maximum absolute atomic E-state index is 5.93. The van der Waals surface area contributed by atoms with Crippen molar-refractivity contribution in [3.05, 3.63) is 72.3 Å². The molecule has 24 heavy (non-hydrogen) atoms. The highest BCUT2D eigenvalue weighted by Crippen LogP contribution is 2.45. The molecule has 3 aromatic rings. The molecule has 1 aliphatic rings. The minimum atomic E-state index is 0.733. The van der Waals surface area contributed by atoms with Gasteiger partial charge in [0.25, 0.3) is 0 Å². The van der Waals surface area contributed by atoms with Crippen molar-refractivity contribution in [2.75, 3.05) is 11.6 Å². The first-order valence-electron chi connectivity index (χ1n) is 7.77. The molecule has 1 N–H and O–H groups in total. The molecule has 3 aromatic carbocycles. The Morgan fingerprint density at radius 1 is 0.792 bits per heavy atom. The minimum Gasteiger partial charge on any atom is -0.450 e. The zero-order chi connectivity index (χ0) is 16.4. The van der Waals surface area contributed by atoms with Gasteiger partial charge in [-0.3, -0.25) is 0 Å². The average molecular weight is 335 g/mol. The third kappa shape index (κ3) is 3.05. The topological polar surface area (TPSA) is 30.5 Å². The van der Waals surface area contributed by atoms with Crippen LogP contribution in [-0.4, -0.2) is 6.26 Å². The van der Waals surface area contributed by atoms with E-state index in [0.29, 0.717) is 0 Å². The molecule has 0 aliphatic carbocycles. The first kappa shape index (κ1) is 15.0. The molecule has 120 valence electrons. The lowest BCUT2D eigenvalue weighted by Crippen LogP contribution is -2.02. The van der Waals surface area contributed by atoms with E-state index < -0.39 is 0 Å². The fraction of sp³-hybridized carbons (Fsp3) is 0.100. The fourth-order valence-corrected chi connectivity index (χ4v) is 2.99. The molecule has 4 heteroatoms. The van der Waals surface area contributed by atoms with E-state index in [2.05, 4.69) is 35.8 Å². The van der Waals surface area contributed by atoms with Gasteiger partial charge in [0.05, 0.1) is 0 Å². The average Bonchev–Trinajstić information content (AvgIpc) is 2.65. The second kappa shape index (κ2) is 6.49. The summed E-state index contributed by atoms with van der Waals surface area (Å²) in [7, 11) is 0. The largest absolute Gasteiger partial charge is 0.450 e. The smallest absolute Gasteiger partial charge is 0.172 e. The van der Waals surface area contributed by atoms with Crippen LogP contribution in [0.3, 0.4) is 0 Å². The van der Waals surface area contributed by atoms with Gasteiger partial charge in [0, 0.05) is 23.2 Å². The monoisotopic (exact) mass is 335 g/mol. The lowest BCUT2D eigenvalue weighted by atomic mass is 10.2. The third-order valence-corrected chi connectivity index (χ3v) is 4.63. The SMILES string of the molecule is CSc1ccc(CNc2ccc3c(c2)Oc2ccccc2O3)cc1. The number of rotatable bonds is 4. The van der Waals surface area contributed by atoms with Crippen LogP contribution >= 0.6 is 11.8 Å². The van der Waals surface area contributed by atoms with Crippen molar-refractivity contribution in [1.82, 2.24) is 0 Å². The van der Waals surface area contributed by atoms with E-state index in [1.165, 1.54) is 10.5 Å². The van der Waals surface area contributed by atoms with Crippen LogP contribution in [-0.2, 0) is 6.54 Å². The molecular formula is C20H17NO2S. The Kier molecular flexibility index (Phi) is 4.05. The van der Waals surface area contributed by atoms with Crippen LogP contribution in [0.15, 0.2) is 71.6 Å². The van der Waals surface area contributed by atoms with Crippen LogP contribution in [0.4, 0.5) is 5.69 Å². The van der Waals surface area contributed by atoms with Gasteiger partial charge in [-0.25, -0.2) is 0 Å². The maximum Gasteiger partial charge on any atom is 0.172 e. The lowest BCUT2D eigenvalue weighted by molar-refractivity contribution is 0.360. The van der Waals surface area contributed by atoms with Crippen molar-refractivity contribution in [2.45, 2.75) is 11.4 Å². The highest BCUT2D eigenvalue weighted by atomic mass is 32.2. The predicted octanol–water partition coefficient (Wildman–Crippen LogP) is 5.92. The quantitative estimate of drug-likeness (QED) is 0.469. The Morgan fingerprint density at radius 2 is 1.46 bits per heavy atom. The Balaban J connectivity index is 1.48. The second-order valence-electron chi connectivity index (χ2n) is 5.51. The van der Waals surface area contributed by atoms with E-state index in [4.69, 9.17) is 9.47 Å². The molecule has 0 atom stereocenters. The van der Waals surface area contributed by atoms with E-state index in [9.17, 15) is 0 Å². The van der Waals surface area contributed by atoms with Gasteiger partial charge < -0.3 is 14.8 Å². The number of nitrogens with one attached hydrogen (secondary N) is 1. The summed E-state index contributed by atoms with van der Waals surface area (Å²) in [4.78, 5) is 1.27. The van der Waals surface area contributed by atoms with Crippen LogP contribution in [0.1, 0.15) is 5.56 Å². The van der Waals surface area contributed by atoms with Gasteiger partial charge in [0.15, 0.2) is 23.0 Å². The molecule has 0 radical (unpaired) electrons. The van der Waals surface area contributed by atoms with Crippen molar-refractivity contribution >= 4 is 17.4 Å². The summed E-state index contributed by atoms with van der Waals surface area (Å²) >= 11 is 1.75. The highest BCUT2D eigenvalue weighted by molar-refractivity contribution is 7.98. The van der Waals surface area contributed by atoms with Gasteiger partial charge in [-0.1, -0.05) is 24.3 Å². The lowest BCUT2D eigenvalue weighted by Gasteiger charge is -2.21. The normalized spacial score (nSPS) is 11.7. The number of hydrogen-bond acceptors (Lipinski definition) is 4. The van der Waals surface area contributed by atoms with E-state index in [-0.39, 0.29) is 0 Å². The number of thioether (sulfide) groups is 1. The summed E-state index contributed by atoms with van der Waals surface area (Å²) in [6.45, 7) is 0.769. The van der Waals surface area contributed by atoms with Crippen LogP contribution in [0.2, 0.25) is 0 Å². The standard InChI is InChI=1S/C20H17NO2S/c1-24-16-9-6-14(7-10-16)13-21-15-8-11-19-20(12-15)23-18-5-3-2-4-17(18)22-19/h2-12,21H,13H2,1H3. The Hall–Kier alpha value is -2.59. The summed E-state index contributed by atoms with van der Waals surface area (Å²) in [5.41, 5.74) is 2.25. The molecule has 0 bridgehead atoms. The van der Waals surface area contributed by atoms with Gasteiger partial charge in [-0.05, 0) is 48.2 Å². The van der Waals surface area contributed by atoms with Gasteiger partial charge in [-0.2, -0.15) is 0 Å². The van der Waals surface area contributed by atoms with Crippen LogP contribution in [0.25, 0.3) is 0 Å². The molecule has 1 aliphatic heterocycles. The van der Waals surface area contributed by atoms with Gasteiger partial charge in [0.1, 0.15) is 0 Å². The summed E-state index contributed by atoms with van der Waals surface area (Å²) in [5.74, 6) is 2.97. The van der Waals surface area contributed by atoms with Crippen LogP contribution < -0.4 is 14.8 Å². The molecule has 1 heterocycles. The fourth-order valence-electron chi connectivity index (χ4n) is 2.59. The molecule has 0 fully saturated rings. The number of hydrogen-bond donors (Lipinski definition) is 1. The molecule has 0 saturated carbocycles.